The fraction of sp³-hybridized carbons (Fsp3) is 0.0909. The Morgan fingerprint density at radius 3 is 2.76 bits per heavy atom. The zero-order valence-electron chi connectivity index (χ0n) is 8.87. The number of rotatable bonds is 3. The van der Waals surface area contributed by atoms with E-state index in [1.165, 1.54) is 12.1 Å². The summed E-state index contributed by atoms with van der Waals surface area (Å²) in [7, 11) is 0. The zero-order valence-corrected chi connectivity index (χ0v) is 8.87. The van der Waals surface area contributed by atoms with Crippen LogP contribution in [0.5, 0.6) is 0 Å². The number of carboxylic acids is 1. The van der Waals surface area contributed by atoms with Crippen LogP contribution in [0.1, 0.15) is 21.7 Å². The number of hydrogen-bond donors (Lipinski definition) is 2. The van der Waals surface area contributed by atoms with Crippen molar-refractivity contribution < 1.29 is 9.90 Å². The van der Waals surface area contributed by atoms with Gasteiger partial charge in [0, 0.05) is 30.7 Å². The Labute approximate surface area is 97.2 Å². The molecule has 0 amide bonds. The minimum Gasteiger partial charge on any atom is -0.478 e. The fourth-order valence-electron chi connectivity index (χ4n) is 1.43. The number of carboxylic acid groups (broad SMARTS) is 1. The lowest BCUT2D eigenvalue weighted by atomic mass is 10.1. The second kappa shape index (κ2) is 4.56. The number of hydrogen-bond acceptors (Lipinski definition) is 5. The molecule has 0 aliphatic rings. The van der Waals surface area contributed by atoms with E-state index < -0.39 is 5.97 Å². The number of anilines is 1. The summed E-state index contributed by atoms with van der Waals surface area (Å²) in [6, 6.07) is 2.80. The molecule has 0 atom stereocenters. The summed E-state index contributed by atoms with van der Waals surface area (Å²) in [4.78, 5) is 22.9. The lowest BCUT2D eigenvalue weighted by Gasteiger charge is -2.03. The van der Waals surface area contributed by atoms with Gasteiger partial charge in [0.05, 0.1) is 11.3 Å². The van der Waals surface area contributed by atoms with Crippen LogP contribution in [-0.4, -0.2) is 26.0 Å². The molecule has 0 saturated heterocycles. The third-order valence-corrected chi connectivity index (χ3v) is 2.12. The van der Waals surface area contributed by atoms with Gasteiger partial charge in [0.15, 0.2) is 0 Å². The number of pyridine rings is 1. The van der Waals surface area contributed by atoms with Crippen molar-refractivity contribution in [2.24, 2.45) is 0 Å². The van der Waals surface area contributed by atoms with Crippen LogP contribution in [-0.2, 0) is 6.42 Å². The van der Waals surface area contributed by atoms with E-state index in [0.717, 1.165) is 0 Å². The Kier molecular flexibility index (Phi) is 2.95. The van der Waals surface area contributed by atoms with Crippen LogP contribution < -0.4 is 5.73 Å². The van der Waals surface area contributed by atoms with Gasteiger partial charge in [-0.15, -0.1) is 0 Å². The molecule has 2 aromatic heterocycles. The zero-order chi connectivity index (χ0) is 12.3. The molecule has 6 heteroatoms. The van der Waals surface area contributed by atoms with Gasteiger partial charge in [0.1, 0.15) is 5.82 Å². The molecule has 0 aliphatic heterocycles. The van der Waals surface area contributed by atoms with E-state index in [-0.39, 0.29) is 11.4 Å². The molecule has 2 heterocycles. The first-order chi connectivity index (χ1) is 8.15. The van der Waals surface area contributed by atoms with Crippen molar-refractivity contribution in [2.45, 2.75) is 6.42 Å². The van der Waals surface area contributed by atoms with Crippen LogP contribution in [0, 0.1) is 0 Å². The molecule has 6 nitrogen and oxygen atoms in total. The van der Waals surface area contributed by atoms with Gasteiger partial charge in [-0.1, -0.05) is 0 Å². The summed E-state index contributed by atoms with van der Waals surface area (Å²) >= 11 is 0. The molecule has 0 bridgehead atoms. The third kappa shape index (κ3) is 2.75. The molecule has 17 heavy (non-hydrogen) atoms. The minimum atomic E-state index is -1.03. The first-order valence-corrected chi connectivity index (χ1v) is 4.90. The van der Waals surface area contributed by atoms with Gasteiger partial charge >= 0.3 is 5.97 Å². The molecule has 0 radical (unpaired) electrons. The quantitative estimate of drug-likeness (QED) is 0.806. The number of nitrogen functional groups attached to an aromatic ring is 1. The first kappa shape index (κ1) is 11.0. The molecule has 3 N–H and O–H groups in total. The van der Waals surface area contributed by atoms with Crippen LogP contribution in [0.4, 0.5) is 5.82 Å². The highest BCUT2D eigenvalue weighted by Crippen LogP contribution is 2.10. The smallest absolute Gasteiger partial charge is 0.335 e. The molecule has 0 aromatic carbocycles. The van der Waals surface area contributed by atoms with E-state index in [1.807, 2.05) is 0 Å². The van der Waals surface area contributed by atoms with Crippen LogP contribution in [0.15, 0.2) is 30.7 Å². The van der Waals surface area contributed by atoms with Crippen molar-refractivity contribution in [3.8, 4) is 0 Å². The predicted molar refractivity (Wildman–Crippen MR) is 60.4 cm³/mol. The molecule has 0 aliphatic carbocycles. The molecule has 0 spiro atoms. The van der Waals surface area contributed by atoms with Gasteiger partial charge < -0.3 is 10.8 Å². The number of aromatic carboxylic acids is 1. The maximum absolute atomic E-state index is 10.8. The molecule has 2 rings (SSSR count). The molecule has 2 aromatic rings. The third-order valence-electron chi connectivity index (χ3n) is 2.12. The summed E-state index contributed by atoms with van der Waals surface area (Å²) in [6.07, 6.45) is 5.14. The normalized spacial score (nSPS) is 10.1. The SMILES string of the molecule is Nc1cc(C(=O)O)cc(Cc2cnccn2)n1. The Morgan fingerprint density at radius 2 is 2.12 bits per heavy atom. The van der Waals surface area contributed by atoms with E-state index in [0.29, 0.717) is 17.8 Å². The summed E-state index contributed by atoms with van der Waals surface area (Å²) in [5.41, 5.74) is 6.93. The van der Waals surface area contributed by atoms with E-state index in [2.05, 4.69) is 15.0 Å². The van der Waals surface area contributed by atoms with Crippen molar-refractivity contribution in [1.29, 1.82) is 0 Å². The maximum atomic E-state index is 10.8. The number of aromatic nitrogens is 3. The Balaban J connectivity index is 2.30. The van der Waals surface area contributed by atoms with Crippen molar-refractivity contribution in [3.63, 3.8) is 0 Å². The second-order valence-corrected chi connectivity index (χ2v) is 3.45. The average Bonchev–Trinajstić information content (AvgIpc) is 2.29. The molecule has 0 fully saturated rings. The highest BCUT2D eigenvalue weighted by molar-refractivity contribution is 5.88. The maximum Gasteiger partial charge on any atom is 0.335 e. The summed E-state index contributed by atoms with van der Waals surface area (Å²) in [5, 5.41) is 8.89. The number of nitrogens with zero attached hydrogens (tertiary/aromatic N) is 3. The van der Waals surface area contributed by atoms with Crippen molar-refractivity contribution in [3.05, 3.63) is 47.7 Å². The van der Waals surface area contributed by atoms with E-state index in [9.17, 15) is 4.79 Å². The van der Waals surface area contributed by atoms with Crippen LogP contribution in [0.3, 0.4) is 0 Å². The van der Waals surface area contributed by atoms with Gasteiger partial charge in [0.2, 0.25) is 0 Å². The predicted octanol–water partition coefficient (Wildman–Crippen LogP) is 0.743. The first-order valence-electron chi connectivity index (χ1n) is 4.90. The van der Waals surface area contributed by atoms with Gasteiger partial charge in [-0.3, -0.25) is 9.97 Å². The topological polar surface area (TPSA) is 102 Å². The second-order valence-electron chi connectivity index (χ2n) is 3.45. The monoisotopic (exact) mass is 230 g/mol. The van der Waals surface area contributed by atoms with E-state index in [4.69, 9.17) is 10.8 Å². The summed E-state index contributed by atoms with van der Waals surface area (Å²) in [6.45, 7) is 0. The lowest BCUT2D eigenvalue weighted by molar-refractivity contribution is 0.0696. The van der Waals surface area contributed by atoms with Gasteiger partial charge in [-0.2, -0.15) is 0 Å². The largest absolute Gasteiger partial charge is 0.478 e. The van der Waals surface area contributed by atoms with Crippen molar-refractivity contribution >= 4 is 11.8 Å². The molecule has 86 valence electrons. The fourth-order valence-corrected chi connectivity index (χ4v) is 1.43. The van der Waals surface area contributed by atoms with Crippen molar-refractivity contribution in [2.75, 3.05) is 5.73 Å². The standard InChI is InChI=1S/C11H10N4O2/c12-10-4-7(11(16)17)3-8(15-10)5-9-6-13-1-2-14-9/h1-4,6H,5H2,(H2,12,15)(H,16,17). The average molecular weight is 230 g/mol. The molecular weight excluding hydrogens is 220 g/mol. The Bertz CT molecular complexity index is 542. The van der Waals surface area contributed by atoms with Crippen LogP contribution in [0.2, 0.25) is 0 Å². The van der Waals surface area contributed by atoms with Gasteiger partial charge in [-0.25, -0.2) is 9.78 Å². The van der Waals surface area contributed by atoms with Gasteiger partial charge in [-0.05, 0) is 12.1 Å². The molecular formula is C11H10N4O2. The van der Waals surface area contributed by atoms with Gasteiger partial charge in [0.25, 0.3) is 0 Å². The van der Waals surface area contributed by atoms with E-state index >= 15 is 0 Å². The van der Waals surface area contributed by atoms with Crippen LogP contribution in [0.25, 0.3) is 0 Å². The highest BCUT2D eigenvalue weighted by atomic mass is 16.4. The molecule has 0 saturated carbocycles. The Morgan fingerprint density at radius 1 is 1.29 bits per heavy atom. The summed E-state index contributed by atoms with van der Waals surface area (Å²) in [5.74, 6) is -0.844. The van der Waals surface area contributed by atoms with Crippen molar-refractivity contribution in [1.82, 2.24) is 15.0 Å². The lowest BCUT2D eigenvalue weighted by Crippen LogP contribution is -2.04. The highest BCUT2D eigenvalue weighted by Gasteiger charge is 2.08. The summed E-state index contributed by atoms with van der Waals surface area (Å²) < 4.78 is 0. The number of carbonyl (C=O) groups is 1. The van der Waals surface area contributed by atoms with Crippen LogP contribution >= 0.6 is 0 Å². The van der Waals surface area contributed by atoms with E-state index in [1.54, 1.807) is 18.6 Å². The minimum absolute atomic E-state index is 0.122. The number of nitrogens with two attached hydrogens (primary N) is 1. The Hall–Kier alpha value is -2.50. The molecule has 0 unspecified atom stereocenters.